The Morgan fingerprint density at radius 1 is 0.977 bits per heavy atom. The number of rotatable bonds is 6. The smallest absolute Gasteiger partial charge is 0.488 e. The Morgan fingerprint density at radius 3 is 2.34 bits per heavy atom. The van der Waals surface area contributed by atoms with Gasteiger partial charge in [-0.3, -0.25) is 9.59 Å². The van der Waals surface area contributed by atoms with E-state index in [-0.39, 0.29) is 13.0 Å². The summed E-state index contributed by atoms with van der Waals surface area (Å²) in [5, 5.41) is 3.45. The van der Waals surface area contributed by atoms with E-state index in [0.717, 1.165) is 23.0 Å². The number of nitrogens with one attached hydrogen (secondary N) is 1. The minimum Gasteiger partial charge on any atom is -0.488 e. The molecule has 0 amide bonds. The Hall–Kier alpha value is -4.64. The van der Waals surface area contributed by atoms with E-state index in [0.29, 0.717) is 31.7 Å². The van der Waals surface area contributed by atoms with Crippen molar-refractivity contribution in [1.82, 2.24) is 24.7 Å². The minimum atomic E-state index is -5.06. The van der Waals surface area contributed by atoms with E-state index in [1.165, 1.54) is 0 Å². The molecule has 0 unspecified atom stereocenters. The van der Waals surface area contributed by atoms with Gasteiger partial charge in [-0.15, -0.1) is 13.2 Å². The molecule has 0 radical (unpaired) electrons. The molecular weight excluding hydrogens is 617 g/mol. The zero-order chi connectivity index (χ0) is 32.0. The monoisotopic (exact) mass is 635 g/mol. The van der Waals surface area contributed by atoms with E-state index in [2.05, 4.69) is 19.8 Å². The highest BCUT2D eigenvalue weighted by Gasteiger charge is 2.39. The molecule has 0 bridgehead atoms. The predicted octanol–water partition coefficient (Wildman–Crippen LogP) is 5.51. The summed E-state index contributed by atoms with van der Waals surface area (Å²) in [4.78, 5) is 31.9. The van der Waals surface area contributed by atoms with Crippen molar-refractivity contribution >= 4 is 10.8 Å². The van der Waals surface area contributed by atoms with Crippen LogP contribution in [0, 0.1) is 23.4 Å². The fourth-order valence-corrected chi connectivity index (χ4v) is 5.08. The summed E-state index contributed by atoms with van der Waals surface area (Å²) < 4.78 is 133. The van der Waals surface area contributed by atoms with Crippen molar-refractivity contribution in [2.75, 3.05) is 0 Å². The number of aromatic nitrogens is 5. The lowest BCUT2D eigenvalue weighted by Crippen LogP contribution is -2.32. The van der Waals surface area contributed by atoms with Crippen LogP contribution < -0.4 is 20.6 Å². The van der Waals surface area contributed by atoms with Crippen molar-refractivity contribution < 1.29 is 49.0 Å². The summed E-state index contributed by atoms with van der Waals surface area (Å²) in [6.07, 6.45) is -7.10. The van der Waals surface area contributed by atoms with Crippen LogP contribution in [0.2, 0.25) is 0 Å². The SMILES string of the molecule is O=c1[nH]ncc(O[C@H]2CCC[C@@H](Cn3cc(F)c4cc(-c5ncc(OC(F)(F)F)cn5)c(F)c(F)c4c3=O)C2)c1C(F)(F)F. The van der Waals surface area contributed by atoms with Crippen LogP contribution in [0.3, 0.4) is 0 Å². The summed E-state index contributed by atoms with van der Waals surface area (Å²) in [7, 11) is 0. The maximum Gasteiger partial charge on any atom is 0.573 e. The molecule has 1 aliphatic rings. The molecule has 2 atom stereocenters. The largest absolute Gasteiger partial charge is 0.573 e. The first kappa shape index (κ1) is 30.8. The molecule has 18 heteroatoms. The summed E-state index contributed by atoms with van der Waals surface area (Å²) in [5.41, 5.74) is -4.89. The second-order valence-corrected chi connectivity index (χ2v) is 9.91. The van der Waals surface area contributed by atoms with Crippen LogP contribution >= 0.6 is 0 Å². The fraction of sp³-hybridized carbons (Fsp3) is 0.346. The summed E-state index contributed by atoms with van der Waals surface area (Å²) >= 11 is 0. The molecule has 0 aliphatic heterocycles. The van der Waals surface area contributed by atoms with E-state index in [4.69, 9.17) is 4.74 Å². The highest BCUT2D eigenvalue weighted by atomic mass is 19.4. The molecule has 9 nitrogen and oxygen atoms in total. The molecule has 3 heterocycles. The van der Waals surface area contributed by atoms with E-state index >= 15 is 13.2 Å². The molecule has 3 aromatic heterocycles. The average Bonchev–Trinajstić information content (AvgIpc) is 2.92. The number of H-pyrrole nitrogens is 1. The Kier molecular flexibility index (Phi) is 8.02. The lowest BCUT2D eigenvalue weighted by Gasteiger charge is -2.30. The van der Waals surface area contributed by atoms with Gasteiger partial charge in [-0.2, -0.15) is 18.3 Å². The molecule has 5 rings (SSSR count). The van der Waals surface area contributed by atoms with Crippen LogP contribution in [0.5, 0.6) is 11.5 Å². The van der Waals surface area contributed by atoms with Gasteiger partial charge in [0.25, 0.3) is 11.1 Å². The number of aromatic amines is 1. The number of benzene rings is 1. The number of hydrogen-bond donors (Lipinski definition) is 1. The van der Waals surface area contributed by atoms with E-state index in [1.807, 2.05) is 0 Å². The van der Waals surface area contributed by atoms with Crippen LogP contribution in [-0.2, 0) is 12.7 Å². The van der Waals surface area contributed by atoms with Gasteiger partial charge in [-0.25, -0.2) is 28.2 Å². The third-order valence-electron chi connectivity index (χ3n) is 6.90. The van der Waals surface area contributed by atoms with Gasteiger partial charge in [0.2, 0.25) is 0 Å². The minimum absolute atomic E-state index is 0.0807. The molecule has 0 spiro atoms. The number of ether oxygens (including phenoxy) is 2. The Morgan fingerprint density at radius 2 is 1.68 bits per heavy atom. The molecule has 44 heavy (non-hydrogen) atoms. The maximum atomic E-state index is 15.2. The first-order valence-corrected chi connectivity index (χ1v) is 12.7. The van der Waals surface area contributed by atoms with Crippen LogP contribution in [-0.4, -0.2) is 37.2 Å². The van der Waals surface area contributed by atoms with Gasteiger partial charge >= 0.3 is 12.5 Å². The van der Waals surface area contributed by atoms with Crippen molar-refractivity contribution in [1.29, 1.82) is 0 Å². The lowest BCUT2D eigenvalue weighted by atomic mass is 9.87. The molecule has 1 aliphatic carbocycles. The van der Waals surface area contributed by atoms with Crippen molar-refractivity contribution in [3.8, 4) is 22.9 Å². The van der Waals surface area contributed by atoms with Crippen LogP contribution in [0.25, 0.3) is 22.2 Å². The van der Waals surface area contributed by atoms with Gasteiger partial charge in [0.05, 0.1) is 35.6 Å². The fourth-order valence-electron chi connectivity index (χ4n) is 5.08. The molecule has 1 fully saturated rings. The van der Waals surface area contributed by atoms with Crippen LogP contribution in [0.4, 0.5) is 39.5 Å². The van der Waals surface area contributed by atoms with Crippen molar-refractivity contribution in [3.05, 3.63) is 74.6 Å². The second-order valence-electron chi connectivity index (χ2n) is 9.91. The van der Waals surface area contributed by atoms with E-state index < -0.39 is 92.4 Å². The number of nitrogens with zero attached hydrogens (tertiary/aromatic N) is 4. The number of hydrogen-bond acceptors (Lipinski definition) is 7. The first-order valence-electron chi connectivity index (χ1n) is 12.7. The summed E-state index contributed by atoms with van der Waals surface area (Å²) in [6, 6.07) is 0.743. The topological polar surface area (TPSA) is 112 Å². The van der Waals surface area contributed by atoms with Crippen LogP contribution in [0.1, 0.15) is 31.2 Å². The van der Waals surface area contributed by atoms with Gasteiger partial charge in [0, 0.05) is 18.1 Å². The average molecular weight is 635 g/mol. The van der Waals surface area contributed by atoms with Gasteiger partial charge in [0.15, 0.2) is 34.5 Å². The van der Waals surface area contributed by atoms with Gasteiger partial charge in [0.1, 0.15) is 5.82 Å². The van der Waals surface area contributed by atoms with Crippen molar-refractivity contribution in [2.24, 2.45) is 5.92 Å². The molecule has 1 N–H and O–H groups in total. The number of alkyl halides is 6. The summed E-state index contributed by atoms with van der Waals surface area (Å²) in [5.74, 6) is -7.26. The second kappa shape index (κ2) is 11.5. The lowest BCUT2D eigenvalue weighted by molar-refractivity contribution is -0.274. The summed E-state index contributed by atoms with van der Waals surface area (Å²) in [6.45, 7) is -0.224. The maximum absolute atomic E-state index is 15.2. The molecule has 1 saturated carbocycles. The molecule has 0 saturated heterocycles. The van der Waals surface area contributed by atoms with E-state index in [9.17, 15) is 35.9 Å². The number of fused-ring (bicyclic) bond motifs is 1. The predicted molar refractivity (Wildman–Crippen MR) is 132 cm³/mol. The Balaban J connectivity index is 1.40. The molecular formula is C26H18F9N5O4. The van der Waals surface area contributed by atoms with Gasteiger partial charge in [-0.05, 0) is 37.7 Å². The zero-order valence-electron chi connectivity index (χ0n) is 21.9. The zero-order valence-corrected chi connectivity index (χ0v) is 21.9. The van der Waals surface area contributed by atoms with Gasteiger partial charge in [-0.1, -0.05) is 0 Å². The quantitative estimate of drug-likeness (QED) is 0.278. The molecule has 4 aromatic rings. The van der Waals surface area contributed by atoms with Crippen molar-refractivity contribution in [3.63, 3.8) is 0 Å². The number of pyridine rings is 1. The first-order chi connectivity index (χ1) is 20.6. The Bertz CT molecular complexity index is 1820. The van der Waals surface area contributed by atoms with Gasteiger partial charge < -0.3 is 14.0 Å². The highest BCUT2D eigenvalue weighted by Crippen LogP contribution is 2.36. The number of halogens is 9. The standard InChI is InChI=1S/C26H18F9N5O4/c27-16-10-40(9-11-2-1-3-12(4-11)43-17-8-38-39-23(41)19(17)25(30,31)32)24(42)18-14(16)5-15(20(28)21(18)29)22-36-6-13(7-37-22)44-26(33,34)35/h5-8,10-12H,1-4,9H2,(H,39,41)/t11-,12+/m1/s1. The molecule has 1 aromatic carbocycles. The highest BCUT2D eigenvalue weighted by molar-refractivity contribution is 5.87. The Labute approximate surface area is 239 Å². The third kappa shape index (κ3) is 6.33. The third-order valence-corrected chi connectivity index (χ3v) is 6.90. The molecule has 234 valence electrons. The van der Waals surface area contributed by atoms with Crippen molar-refractivity contribution in [2.45, 2.75) is 50.9 Å². The van der Waals surface area contributed by atoms with Crippen LogP contribution in [0.15, 0.2) is 40.4 Å². The van der Waals surface area contributed by atoms with E-state index in [1.54, 1.807) is 5.10 Å². The normalized spacial score (nSPS) is 17.6.